The van der Waals surface area contributed by atoms with E-state index in [4.69, 9.17) is 4.42 Å². The summed E-state index contributed by atoms with van der Waals surface area (Å²) in [4.78, 5) is 35.2. The number of carbonyl (C=O) groups excluding carboxylic acids is 2. The molecule has 0 spiro atoms. The zero-order chi connectivity index (χ0) is 20.4. The van der Waals surface area contributed by atoms with E-state index in [9.17, 15) is 9.59 Å². The molecule has 2 heterocycles. The van der Waals surface area contributed by atoms with E-state index in [0.717, 1.165) is 23.9 Å². The summed E-state index contributed by atoms with van der Waals surface area (Å²) < 4.78 is 5.73. The summed E-state index contributed by atoms with van der Waals surface area (Å²) >= 11 is 0. The van der Waals surface area contributed by atoms with Gasteiger partial charge in [0.1, 0.15) is 5.52 Å². The van der Waals surface area contributed by atoms with Gasteiger partial charge in [-0.1, -0.05) is 0 Å². The first-order valence-corrected chi connectivity index (χ1v) is 9.92. The van der Waals surface area contributed by atoms with Gasteiger partial charge in [0, 0.05) is 42.9 Å². The molecule has 29 heavy (non-hydrogen) atoms. The van der Waals surface area contributed by atoms with Crippen LogP contribution in [0.5, 0.6) is 0 Å². The molecule has 1 N–H and O–H groups in total. The molecule has 0 saturated heterocycles. The van der Waals surface area contributed by atoms with Crippen molar-refractivity contribution in [3.05, 3.63) is 48.3 Å². The average Bonchev–Trinajstić information content (AvgIpc) is 3.40. The third-order valence-electron chi connectivity index (χ3n) is 5.56. The normalized spacial score (nSPS) is 18.7. The van der Waals surface area contributed by atoms with Gasteiger partial charge in [-0.15, -0.1) is 0 Å². The number of benzene rings is 1. The Hall–Kier alpha value is -3.22. The molecule has 150 valence electrons. The predicted molar refractivity (Wildman–Crippen MR) is 109 cm³/mol. The lowest BCUT2D eigenvalue weighted by Gasteiger charge is -2.25. The number of nitrogens with one attached hydrogen (secondary N) is 1. The number of amides is 2. The van der Waals surface area contributed by atoms with Gasteiger partial charge in [-0.3, -0.25) is 14.6 Å². The maximum Gasteiger partial charge on any atom is 0.253 e. The molecule has 0 radical (unpaired) electrons. The lowest BCUT2D eigenvalue weighted by molar-refractivity contribution is -0.124. The van der Waals surface area contributed by atoms with E-state index in [0.29, 0.717) is 30.0 Å². The van der Waals surface area contributed by atoms with Crippen molar-refractivity contribution in [1.29, 1.82) is 0 Å². The van der Waals surface area contributed by atoms with Gasteiger partial charge in [-0.2, -0.15) is 0 Å². The molecule has 2 amide bonds. The van der Waals surface area contributed by atoms with Gasteiger partial charge >= 0.3 is 0 Å². The number of nitrogens with zero attached hydrogens (tertiary/aromatic N) is 3. The van der Waals surface area contributed by atoms with Crippen LogP contribution in [0.1, 0.15) is 36.5 Å². The predicted octanol–water partition coefficient (Wildman–Crippen LogP) is 3.27. The fraction of sp³-hybridized carbons (Fsp3) is 0.364. The highest BCUT2D eigenvalue weighted by Gasteiger charge is 2.33. The molecule has 0 bridgehead atoms. The fourth-order valence-corrected chi connectivity index (χ4v) is 3.89. The fourth-order valence-electron chi connectivity index (χ4n) is 3.89. The van der Waals surface area contributed by atoms with Crippen molar-refractivity contribution in [3.8, 4) is 11.5 Å². The molecule has 2 unspecified atom stereocenters. The molecule has 1 saturated carbocycles. The SMILES string of the molecule is CCNC(=O)C1CCC(N(C)C(=O)c2ccc(-c3nc4ccncc4o3)cc2)C1. The van der Waals surface area contributed by atoms with Crippen molar-refractivity contribution in [1.82, 2.24) is 20.2 Å². The van der Waals surface area contributed by atoms with Crippen molar-refractivity contribution < 1.29 is 14.0 Å². The first kappa shape index (κ1) is 19.1. The highest BCUT2D eigenvalue weighted by Crippen LogP contribution is 2.30. The second-order valence-corrected chi connectivity index (χ2v) is 7.41. The van der Waals surface area contributed by atoms with Gasteiger partial charge in [0.15, 0.2) is 5.58 Å². The maximum absolute atomic E-state index is 12.9. The largest absolute Gasteiger partial charge is 0.434 e. The van der Waals surface area contributed by atoms with E-state index in [-0.39, 0.29) is 23.8 Å². The van der Waals surface area contributed by atoms with Gasteiger partial charge in [0.25, 0.3) is 5.91 Å². The molecular formula is C22H24N4O3. The minimum absolute atomic E-state index is 0.00812. The zero-order valence-corrected chi connectivity index (χ0v) is 16.6. The second-order valence-electron chi connectivity index (χ2n) is 7.41. The lowest BCUT2D eigenvalue weighted by atomic mass is 10.1. The van der Waals surface area contributed by atoms with Crippen LogP contribution in [0.3, 0.4) is 0 Å². The molecule has 1 aliphatic rings. The Morgan fingerprint density at radius 3 is 2.72 bits per heavy atom. The van der Waals surface area contributed by atoms with Crippen LogP contribution in [0.2, 0.25) is 0 Å². The van der Waals surface area contributed by atoms with Crippen LogP contribution in [0.4, 0.5) is 0 Å². The molecule has 1 aliphatic carbocycles. The van der Waals surface area contributed by atoms with Crippen molar-refractivity contribution in [2.75, 3.05) is 13.6 Å². The molecule has 4 rings (SSSR count). The van der Waals surface area contributed by atoms with E-state index in [1.807, 2.05) is 26.1 Å². The number of hydrogen-bond donors (Lipinski definition) is 1. The van der Waals surface area contributed by atoms with Crippen LogP contribution in [0.15, 0.2) is 47.1 Å². The Kier molecular flexibility index (Phi) is 5.29. The Bertz CT molecular complexity index is 995. The number of pyridine rings is 1. The number of carbonyl (C=O) groups is 2. The van der Waals surface area contributed by atoms with Crippen LogP contribution >= 0.6 is 0 Å². The smallest absolute Gasteiger partial charge is 0.253 e. The molecular weight excluding hydrogens is 368 g/mol. The summed E-state index contributed by atoms with van der Waals surface area (Å²) in [6, 6.07) is 9.13. The van der Waals surface area contributed by atoms with Crippen molar-refractivity contribution >= 4 is 22.9 Å². The third-order valence-corrected chi connectivity index (χ3v) is 5.56. The van der Waals surface area contributed by atoms with Crippen LogP contribution < -0.4 is 5.32 Å². The van der Waals surface area contributed by atoms with E-state index in [1.165, 1.54) is 0 Å². The van der Waals surface area contributed by atoms with E-state index in [1.54, 1.807) is 35.5 Å². The van der Waals surface area contributed by atoms with Crippen LogP contribution in [-0.2, 0) is 4.79 Å². The molecule has 1 fully saturated rings. The monoisotopic (exact) mass is 392 g/mol. The summed E-state index contributed by atoms with van der Waals surface area (Å²) in [5.41, 5.74) is 2.79. The third kappa shape index (κ3) is 3.85. The molecule has 1 aromatic carbocycles. The lowest BCUT2D eigenvalue weighted by Crippen LogP contribution is -2.36. The Labute approximate surface area is 169 Å². The summed E-state index contributed by atoms with van der Waals surface area (Å²) in [6.07, 6.45) is 5.68. The topological polar surface area (TPSA) is 88.3 Å². The standard InChI is InChI=1S/C22H24N4O3/c1-3-24-20(27)16-8-9-17(12-16)26(2)22(28)15-6-4-14(5-7-15)21-25-18-10-11-23-13-19(18)29-21/h4-7,10-11,13,16-17H,3,8-9,12H2,1-2H3,(H,24,27). The first-order valence-electron chi connectivity index (χ1n) is 9.92. The van der Waals surface area contributed by atoms with Crippen molar-refractivity contribution in [2.45, 2.75) is 32.2 Å². The van der Waals surface area contributed by atoms with E-state index in [2.05, 4.69) is 15.3 Å². The summed E-state index contributed by atoms with van der Waals surface area (Å²) in [6.45, 7) is 2.55. The van der Waals surface area contributed by atoms with Crippen molar-refractivity contribution in [3.63, 3.8) is 0 Å². The molecule has 2 aromatic heterocycles. The Morgan fingerprint density at radius 1 is 1.21 bits per heavy atom. The molecule has 7 nitrogen and oxygen atoms in total. The van der Waals surface area contributed by atoms with Crippen LogP contribution in [0, 0.1) is 5.92 Å². The van der Waals surface area contributed by atoms with Crippen LogP contribution in [-0.4, -0.2) is 46.3 Å². The number of fused-ring (bicyclic) bond motifs is 1. The second kappa shape index (κ2) is 8.03. The number of oxazole rings is 1. The van der Waals surface area contributed by atoms with Gasteiger partial charge in [-0.05, 0) is 56.5 Å². The van der Waals surface area contributed by atoms with E-state index < -0.39 is 0 Å². The van der Waals surface area contributed by atoms with Gasteiger partial charge in [-0.25, -0.2) is 4.98 Å². The maximum atomic E-state index is 12.9. The highest BCUT2D eigenvalue weighted by atomic mass is 16.3. The van der Waals surface area contributed by atoms with Crippen molar-refractivity contribution in [2.24, 2.45) is 5.92 Å². The molecule has 0 aliphatic heterocycles. The van der Waals surface area contributed by atoms with Crippen LogP contribution in [0.25, 0.3) is 22.6 Å². The van der Waals surface area contributed by atoms with Gasteiger partial charge in [0.05, 0.1) is 6.20 Å². The highest BCUT2D eigenvalue weighted by molar-refractivity contribution is 5.94. The Morgan fingerprint density at radius 2 is 2.00 bits per heavy atom. The molecule has 3 aromatic rings. The Balaban J connectivity index is 1.44. The number of aromatic nitrogens is 2. The average molecular weight is 392 g/mol. The first-order chi connectivity index (χ1) is 14.1. The summed E-state index contributed by atoms with van der Waals surface area (Å²) in [5, 5.41) is 2.88. The van der Waals surface area contributed by atoms with Gasteiger partial charge < -0.3 is 14.6 Å². The zero-order valence-electron chi connectivity index (χ0n) is 16.6. The van der Waals surface area contributed by atoms with Gasteiger partial charge in [0.2, 0.25) is 11.8 Å². The number of rotatable bonds is 5. The minimum Gasteiger partial charge on any atom is -0.434 e. The summed E-state index contributed by atoms with van der Waals surface area (Å²) in [5.74, 6) is 0.542. The van der Waals surface area contributed by atoms with E-state index >= 15 is 0 Å². The quantitative estimate of drug-likeness (QED) is 0.720. The number of hydrogen-bond acceptors (Lipinski definition) is 5. The summed E-state index contributed by atoms with van der Waals surface area (Å²) in [7, 11) is 1.81. The minimum atomic E-state index is -0.0418. The molecule has 7 heteroatoms. The molecule has 2 atom stereocenters.